The van der Waals surface area contributed by atoms with Gasteiger partial charge in [0, 0.05) is 54.5 Å². The van der Waals surface area contributed by atoms with Gasteiger partial charge in [0.05, 0.1) is 38.6 Å². The monoisotopic (exact) mass is 899 g/mol. The van der Waals surface area contributed by atoms with Gasteiger partial charge in [0.25, 0.3) is 0 Å². The summed E-state index contributed by atoms with van der Waals surface area (Å²) in [7, 11) is 0. The van der Waals surface area contributed by atoms with E-state index in [9.17, 15) is 0 Å². The van der Waals surface area contributed by atoms with Crippen molar-refractivity contribution >= 4 is 103 Å². The van der Waals surface area contributed by atoms with Gasteiger partial charge >= 0.3 is 0 Å². The lowest BCUT2D eigenvalue weighted by Gasteiger charge is -2.09. The molecule has 0 spiro atoms. The smallest absolute Gasteiger partial charge is 0.0620 e. The van der Waals surface area contributed by atoms with Gasteiger partial charge in [-0.25, -0.2) is 0 Å². The van der Waals surface area contributed by atoms with Gasteiger partial charge in [-0.3, -0.25) is 0 Å². The Morgan fingerprint density at radius 3 is 1.07 bits per heavy atom. The van der Waals surface area contributed by atoms with E-state index in [1.54, 1.807) is 0 Å². The fourth-order valence-corrected chi connectivity index (χ4v) is 12.2. The molecule has 4 heterocycles. The van der Waals surface area contributed by atoms with Crippen molar-refractivity contribution in [1.82, 2.24) is 13.5 Å². The zero-order valence-electron chi connectivity index (χ0n) is 38.5. The molecule has 0 atom stereocenters. The minimum Gasteiger partial charge on any atom is -0.309 e. The van der Waals surface area contributed by atoms with E-state index < -0.39 is 0 Å². The van der Waals surface area contributed by atoms with Crippen LogP contribution in [0.5, 0.6) is 0 Å². The van der Waals surface area contributed by atoms with Crippen molar-refractivity contribution in [2.24, 2.45) is 0 Å². The van der Waals surface area contributed by atoms with Gasteiger partial charge in [0.2, 0.25) is 0 Å². The van der Waals surface area contributed by atoms with Crippen molar-refractivity contribution < 1.29 is 0 Å². The lowest BCUT2D eigenvalue weighted by molar-refractivity contribution is 1.18. The van der Waals surface area contributed by atoms with Gasteiger partial charge in [-0.15, -0.1) is 0 Å². The molecule has 0 saturated heterocycles. The second kappa shape index (κ2) is 14.5. The molecule has 0 aliphatic heterocycles. The molecule has 328 valence electrons. The third-order valence-corrected chi connectivity index (χ3v) is 15.5. The van der Waals surface area contributed by atoms with E-state index in [-0.39, 0.29) is 0 Å². The summed E-state index contributed by atoms with van der Waals surface area (Å²) in [6.07, 6.45) is 0. The highest BCUT2D eigenvalue weighted by Gasteiger charge is 2.22. The number of aromatic nitrogens is 3. The van der Waals surface area contributed by atoms with E-state index in [1.807, 2.05) is 0 Å². The fraction of sp³-hybridized carbons (Fsp3) is 0. The lowest BCUT2D eigenvalue weighted by Crippen LogP contribution is -1.92. The number of para-hydroxylation sites is 4. The predicted octanol–water partition coefficient (Wildman–Crippen LogP) is 18.3. The van der Waals surface area contributed by atoms with Crippen LogP contribution in [0.2, 0.25) is 0 Å². The molecule has 0 aliphatic rings. The number of fused-ring (bicyclic) bond motifs is 14. The van der Waals surface area contributed by atoms with E-state index in [1.165, 1.54) is 148 Å². The topological polar surface area (TPSA) is 14.3 Å². The normalized spacial score (nSPS) is 12.2. The first-order valence-electron chi connectivity index (χ1n) is 24.6. The van der Waals surface area contributed by atoms with Crippen LogP contribution in [-0.2, 0) is 0 Å². The minimum atomic E-state index is 1.17. The van der Waals surface area contributed by atoms with Crippen molar-refractivity contribution in [2.45, 2.75) is 0 Å². The van der Waals surface area contributed by atoms with Crippen molar-refractivity contribution in [3.63, 3.8) is 0 Å². The molecular formula is C68H41N3. The molecule has 0 bridgehead atoms. The van der Waals surface area contributed by atoms with Crippen LogP contribution < -0.4 is 0 Å². The van der Waals surface area contributed by atoms with Gasteiger partial charge < -0.3 is 13.5 Å². The molecule has 16 rings (SSSR count). The van der Waals surface area contributed by atoms with Crippen molar-refractivity contribution in [1.29, 1.82) is 0 Å². The first-order chi connectivity index (χ1) is 35.2. The summed E-state index contributed by atoms with van der Waals surface area (Å²) in [6.45, 7) is 0. The first-order valence-corrected chi connectivity index (χ1v) is 24.6. The molecule has 4 aromatic heterocycles. The average molecular weight is 900 g/mol. The third-order valence-electron chi connectivity index (χ3n) is 15.5. The van der Waals surface area contributed by atoms with Gasteiger partial charge in [-0.1, -0.05) is 140 Å². The van der Waals surface area contributed by atoms with Crippen LogP contribution in [-0.4, -0.2) is 13.5 Å². The first kappa shape index (κ1) is 38.5. The van der Waals surface area contributed by atoms with Gasteiger partial charge in [0.15, 0.2) is 0 Å². The summed E-state index contributed by atoms with van der Waals surface area (Å²) < 4.78 is 7.32. The highest BCUT2D eigenvalue weighted by molar-refractivity contribution is 6.27. The highest BCUT2D eigenvalue weighted by atomic mass is 15.0. The summed E-state index contributed by atoms with van der Waals surface area (Å²) in [5, 5.41) is 15.1. The lowest BCUT2D eigenvalue weighted by atomic mass is 9.96. The molecular weight excluding hydrogens is 859 g/mol. The van der Waals surface area contributed by atoms with Crippen LogP contribution in [0.25, 0.3) is 148 Å². The molecule has 0 unspecified atom stereocenters. The van der Waals surface area contributed by atoms with Crippen molar-refractivity contribution in [3.8, 4) is 44.8 Å². The van der Waals surface area contributed by atoms with Crippen LogP contribution in [0.15, 0.2) is 249 Å². The Hall–Kier alpha value is -9.44. The zero-order chi connectivity index (χ0) is 46.3. The Morgan fingerprint density at radius 2 is 0.577 bits per heavy atom. The molecule has 0 aliphatic carbocycles. The van der Waals surface area contributed by atoms with Crippen LogP contribution in [0.1, 0.15) is 0 Å². The molecule has 0 amide bonds. The van der Waals surface area contributed by atoms with E-state index >= 15 is 0 Å². The van der Waals surface area contributed by atoms with E-state index in [0.29, 0.717) is 0 Å². The second-order valence-electron chi connectivity index (χ2n) is 19.3. The summed E-state index contributed by atoms with van der Waals surface area (Å²) in [5.41, 5.74) is 18.2. The maximum absolute atomic E-state index is 2.55. The Morgan fingerprint density at radius 1 is 0.197 bits per heavy atom. The fourth-order valence-electron chi connectivity index (χ4n) is 12.2. The predicted molar refractivity (Wildman–Crippen MR) is 301 cm³/mol. The van der Waals surface area contributed by atoms with Gasteiger partial charge in [0.1, 0.15) is 0 Å². The Labute approximate surface area is 408 Å². The number of hydrogen-bond donors (Lipinski definition) is 0. The maximum atomic E-state index is 2.55. The minimum absolute atomic E-state index is 1.17. The number of benzene rings is 12. The standard InChI is InChI=1S/C68H41N3/c1-4-14-42(15-5-1)51-38-60-58-36-47-26-24-43(45-28-30-64-56(34-45)54-20-10-12-22-62(54)69(64)52-16-6-2-7-17-52)32-49(47)40-66(58)71-67-41-50-33-44(25-27-48(50)37-59(67)61(39-51)68(60)71)46-29-31-65-57(35-46)55-21-11-13-23-63(55)70(65)53-18-8-3-9-19-53/h1-41H. The molecule has 3 heteroatoms. The van der Waals surface area contributed by atoms with Crippen LogP contribution in [0.4, 0.5) is 0 Å². The van der Waals surface area contributed by atoms with Gasteiger partial charge in [-0.2, -0.15) is 0 Å². The largest absolute Gasteiger partial charge is 0.309 e. The molecule has 12 aromatic carbocycles. The van der Waals surface area contributed by atoms with Crippen molar-refractivity contribution in [2.75, 3.05) is 0 Å². The third kappa shape index (κ3) is 5.60. The summed E-state index contributed by atoms with van der Waals surface area (Å²) in [5.74, 6) is 0. The molecule has 71 heavy (non-hydrogen) atoms. The van der Waals surface area contributed by atoms with Crippen LogP contribution in [0, 0.1) is 0 Å². The quantitative estimate of drug-likeness (QED) is 0.163. The van der Waals surface area contributed by atoms with E-state index in [4.69, 9.17) is 0 Å². The molecule has 0 fully saturated rings. The van der Waals surface area contributed by atoms with Crippen molar-refractivity contribution in [3.05, 3.63) is 249 Å². The zero-order valence-corrected chi connectivity index (χ0v) is 38.5. The molecule has 0 N–H and O–H groups in total. The molecule has 16 aromatic rings. The molecule has 3 nitrogen and oxygen atoms in total. The second-order valence-corrected chi connectivity index (χ2v) is 19.3. The summed E-state index contributed by atoms with van der Waals surface area (Å²) in [6, 6.07) is 92.4. The van der Waals surface area contributed by atoms with E-state index in [0.717, 1.165) is 0 Å². The SMILES string of the molecule is c1ccc(-c2cc3c4cc5ccc(-c6ccc7c(c6)c6ccccc6n7-c6ccccc6)cc5cc4n4c5cc6cc(-c7ccc8c(c7)c7ccccc7n8-c7ccccc7)ccc6cc5c(c2)c34)cc1. The number of hydrogen-bond acceptors (Lipinski definition) is 0. The summed E-state index contributed by atoms with van der Waals surface area (Å²) in [4.78, 5) is 0. The number of rotatable bonds is 5. The Bertz CT molecular complexity index is 4560. The molecule has 0 saturated carbocycles. The molecule has 0 radical (unpaired) electrons. The maximum Gasteiger partial charge on any atom is 0.0620 e. The average Bonchev–Trinajstić information content (AvgIpc) is 4.16. The van der Waals surface area contributed by atoms with Crippen LogP contribution in [0.3, 0.4) is 0 Å². The number of nitrogens with zero attached hydrogens (tertiary/aromatic N) is 3. The Balaban J connectivity index is 0.889. The highest BCUT2D eigenvalue weighted by Crippen LogP contribution is 2.45. The Kier molecular flexibility index (Phi) is 7.89. The summed E-state index contributed by atoms with van der Waals surface area (Å²) >= 11 is 0. The van der Waals surface area contributed by atoms with E-state index in [2.05, 4.69) is 262 Å². The van der Waals surface area contributed by atoms with Crippen LogP contribution >= 0.6 is 0 Å². The van der Waals surface area contributed by atoms with Gasteiger partial charge in [-0.05, 0) is 164 Å².